The van der Waals surface area contributed by atoms with E-state index in [1.54, 1.807) is 36.4 Å². The van der Waals surface area contributed by atoms with E-state index in [1.807, 2.05) is 97.1 Å². The first kappa shape index (κ1) is 22.3. The molecule has 4 rings (SSSR count). The molecular formula is C30H22O2S. The maximum absolute atomic E-state index is 13.0. The highest BCUT2D eigenvalue weighted by Gasteiger charge is 2.14. The molecule has 0 saturated heterocycles. The summed E-state index contributed by atoms with van der Waals surface area (Å²) >= 11 is 1.42. The van der Waals surface area contributed by atoms with E-state index in [0.29, 0.717) is 11.1 Å². The number of thioether (sulfide) groups is 1. The van der Waals surface area contributed by atoms with Crippen LogP contribution in [0.1, 0.15) is 31.8 Å². The predicted octanol–water partition coefficient (Wildman–Crippen LogP) is 7.57. The highest BCUT2D eigenvalue weighted by Crippen LogP contribution is 2.39. The average molecular weight is 447 g/mol. The summed E-state index contributed by atoms with van der Waals surface area (Å²) in [6, 6.07) is 37.9. The fraction of sp³-hybridized carbons (Fsp3) is 0. The van der Waals surface area contributed by atoms with Crippen LogP contribution in [0.25, 0.3) is 9.81 Å². The Bertz CT molecular complexity index is 1170. The van der Waals surface area contributed by atoms with E-state index in [2.05, 4.69) is 0 Å². The van der Waals surface area contributed by atoms with Gasteiger partial charge in [-0.1, -0.05) is 133 Å². The van der Waals surface area contributed by atoms with Crippen molar-refractivity contribution in [3.05, 3.63) is 156 Å². The number of ketones is 2. The molecule has 33 heavy (non-hydrogen) atoms. The lowest BCUT2D eigenvalue weighted by Crippen LogP contribution is -1.97. The van der Waals surface area contributed by atoms with E-state index >= 15 is 0 Å². The Hall–Kier alpha value is -3.95. The molecule has 0 saturated carbocycles. The Morgan fingerprint density at radius 2 is 0.697 bits per heavy atom. The van der Waals surface area contributed by atoms with Crippen molar-refractivity contribution in [2.75, 3.05) is 0 Å². The van der Waals surface area contributed by atoms with Crippen LogP contribution >= 0.6 is 11.8 Å². The summed E-state index contributed by atoms with van der Waals surface area (Å²) in [5.41, 5.74) is 3.08. The van der Waals surface area contributed by atoms with Crippen LogP contribution in [0.15, 0.2) is 133 Å². The third kappa shape index (κ3) is 6.06. The zero-order valence-electron chi connectivity index (χ0n) is 17.9. The Labute approximate surface area is 198 Å². The summed E-state index contributed by atoms with van der Waals surface area (Å²) in [6.07, 6.45) is 3.30. The first-order valence-electron chi connectivity index (χ1n) is 10.6. The van der Waals surface area contributed by atoms with Crippen LogP contribution in [0, 0.1) is 0 Å². The lowest BCUT2D eigenvalue weighted by atomic mass is 10.1. The van der Waals surface area contributed by atoms with Gasteiger partial charge in [0.2, 0.25) is 0 Å². The molecule has 0 amide bonds. The summed E-state index contributed by atoms with van der Waals surface area (Å²) in [7, 11) is 0. The molecule has 0 unspecified atom stereocenters. The van der Waals surface area contributed by atoms with Gasteiger partial charge in [0.15, 0.2) is 11.6 Å². The molecule has 4 aromatic rings. The third-order valence-electron chi connectivity index (χ3n) is 4.98. The molecule has 0 aliphatic rings. The van der Waals surface area contributed by atoms with Gasteiger partial charge in [-0.15, -0.1) is 0 Å². The highest BCUT2D eigenvalue weighted by atomic mass is 32.2. The molecule has 160 valence electrons. The standard InChI is InChI=1S/C30H22O2S/c31-27(23-13-5-1-6-14-23)21-29(25-17-9-3-10-18-25)33-30(26-19-11-4-12-20-26)22-28(32)24-15-7-2-8-16-24/h1-22H/b29-21-,30-22-. The Morgan fingerprint density at radius 3 is 1.00 bits per heavy atom. The van der Waals surface area contributed by atoms with Gasteiger partial charge in [-0.3, -0.25) is 9.59 Å². The van der Waals surface area contributed by atoms with E-state index in [0.717, 1.165) is 20.9 Å². The summed E-state index contributed by atoms with van der Waals surface area (Å²) in [4.78, 5) is 27.6. The molecule has 3 heteroatoms. The first-order valence-corrected chi connectivity index (χ1v) is 11.4. The fourth-order valence-corrected chi connectivity index (χ4v) is 4.35. The Morgan fingerprint density at radius 1 is 0.424 bits per heavy atom. The van der Waals surface area contributed by atoms with Gasteiger partial charge >= 0.3 is 0 Å². The van der Waals surface area contributed by atoms with Crippen molar-refractivity contribution < 1.29 is 9.59 Å². The maximum Gasteiger partial charge on any atom is 0.186 e. The summed E-state index contributed by atoms with van der Waals surface area (Å²) in [6.45, 7) is 0. The van der Waals surface area contributed by atoms with Crippen molar-refractivity contribution in [2.24, 2.45) is 0 Å². The number of rotatable bonds is 8. The lowest BCUT2D eigenvalue weighted by Gasteiger charge is -2.12. The van der Waals surface area contributed by atoms with Crippen molar-refractivity contribution in [1.29, 1.82) is 0 Å². The number of hydrogen-bond acceptors (Lipinski definition) is 3. The average Bonchev–Trinajstić information content (AvgIpc) is 2.89. The summed E-state index contributed by atoms with van der Waals surface area (Å²) in [5.74, 6) is -0.160. The number of allylic oxidation sites excluding steroid dienone is 2. The minimum atomic E-state index is -0.0799. The minimum absolute atomic E-state index is 0.0799. The van der Waals surface area contributed by atoms with Crippen LogP contribution in [0.4, 0.5) is 0 Å². The second-order valence-corrected chi connectivity index (χ2v) is 8.40. The fourth-order valence-electron chi connectivity index (χ4n) is 3.28. The SMILES string of the molecule is O=C(/C=C(\S/C(=C\C(=O)c1ccccc1)c1ccccc1)c1ccccc1)c1ccccc1. The van der Waals surface area contributed by atoms with Gasteiger partial charge in [0.1, 0.15) is 0 Å². The maximum atomic E-state index is 13.0. The van der Waals surface area contributed by atoms with E-state index in [4.69, 9.17) is 0 Å². The molecule has 0 atom stereocenters. The number of benzene rings is 4. The zero-order valence-corrected chi connectivity index (χ0v) is 18.7. The molecule has 2 nitrogen and oxygen atoms in total. The Balaban J connectivity index is 1.76. The molecule has 0 radical (unpaired) electrons. The Kier molecular flexibility index (Phi) is 7.47. The van der Waals surface area contributed by atoms with E-state index < -0.39 is 0 Å². The lowest BCUT2D eigenvalue weighted by molar-refractivity contribution is 0.103. The normalized spacial score (nSPS) is 11.8. The monoisotopic (exact) mass is 446 g/mol. The highest BCUT2D eigenvalue weighted by molar-refractivity contribution is 8.16. The van der Waals surface area contributed by atoms with Crippen LogP contribution < -0.4 is 0 Å². The molecule has 0 aliphatic heterocycles. The molecule has 0 aliphatic carbocycles. The molecule has 4 aromatic carbocycles. The minimum Gasteiger partial charge on any atom is -0.289 e. The van der Waals surface area contributed by atoms with Gasteiger partial charge in [-0.2, -0.15) is 0 Å². The van der Waals surface area contributed by atoms with Gasteiger partial charge in [0.25, 0.3) is 0 Å². The van der Waals surface area contributed by atoms with E-state index in [1.165, 1.54) is 11.8 Å². The van der Waals surface area contributed by atoms with Gasteiger partial charge in [-0.05, 0) is 11.1 Å². The van der Waals surface area contributed by atoms with Crippen LogP contribution in [0.5, 0.6) is 0 Å². The zero-order chi connectivity index (χ0) is 22.9. The molecular weight excluding hydrogens is 424 g/mol. The van der Waals surface area contributed by atoms with Crippen molar-refractivity contribution in [1.82, 2.24) is 0 Å². The molecule has 0 N–H and O–H groups in total. The van der Waals surface area contributed by atoms with E-state index in [9.17, 15) is 9.59 Å². The van der Waals surface area contributed by atoms with Crippen molar-refractivity contribution in [3.8, 4) is 0 Å². The van der Waals surface area contributed by atoms with Gasteiger partial charge in [0.05, 0.1) is 0 Å². The molecule has 0 spiro atoms. The number of carbonyl (C=O) groups is 2. The van der Waals surface area contributed by atoms with Crippen molar-refractivity contribution >= 4 is 33.1 Å². The van der Waals surface area contributed by atoms with E-state index in [-0.39, 0.29) is 11.6 Å². The third-order valence-corrected chi connectivity index (χ3v) is 6.12. The van der Waals surface area contributed by atoms with Crippen LogP contribution in [-0.4, -0.2) is 11.6 Å². The summed E-state index contributed by atoms with van der Waals surface area (Å²) < 4.78 is 0. The van der Waals surface area contributed by atoms with Crippen molar-refractivity contribution in [3.63, 3.8) is 0 Å². The first-order chi connectivity index (χ1) is 16.2. The van der Waals surface area contributed by atoms with Crippen LogP contribution in [0.3, 0.4) is 0 Å². The molecule has 0 bridgehead atoms. The van der Waals surface area contributed by atoms with Gasteiger partial charge < -0.3 is 0 Å². The second-order valence-electron chi connectivity index (χ2n) is 7.31. The number of hydrogen-bond donors (Lipinski definition) is 0. The summed E-state index contributed by atoms with van der Waals surface area (Å²) in [5, 5.41) is 0. The van der Waals surface area contributed by atoms with Crippen LogP contribution in [-0.2, 0) is 0 Å². The molecule has 0 aromatic heterocycles. The predicted molar refractivity (Wildman–Crippen MR) is 138 cm³/mol. The molecule has 0 fully saturated rings. The second kappa shape index (κ2) is 11.1. The van der Waals surface area contributed by atoms with Crippen LogP contribution in [0.2, 0.25) is 0 Å². The van der Waals surface area contributed by atoms with Crippen molar-refractivity contribution in [2.45, 2.75) is 0 Å². The number of carbonyl (C=O) groups excluding carboxylic acids is 2. The smallest absolute Gasteiger partial charge is 0.186 e. The van der Waals surface area contributed by atoms with Gasteiger partial charge in [-0.25, -0.2) is 0 Å². The molecule has 0 heterocycles. The quantitative estimate of drug-likeness (QED) is 0.207. The topological polar surface area (TPSA) is 34.1 Å². The largest absolute Gasteiger partial charge is 0.289 e. The van der Waals surface area contributed by atoms with Gasteiger partial charge in [0, 0.05) is 33.1 Å².